The zero-order valence-electron chi connectivity index (χ0n) is 22.2. The second-order valence-corrected chi connectivity index (χ2v) is 10.9. The van der Waals surface area contributed by atoms with Gasteiger partial charge in [-0.25, -0.2) is 9.59 Å². The molecule has 0 aromatic heterocycles. The molecule has 2 saturated heterocycles. The van der Waals surface area contributed by atoms with Crippen LogP contribution in [0.5, 0.6) is 0 Å². The molecule has 2 aliphatic rings. The van der Waals surface area contributed by atoms with Gasteiger partial charge in [-0.3, -0.25) is 4.90 Å². The molecule has 0 atom stereocenters. The molecule has 2 heterocycles. The number of hydrogen-bond donors (Lipinski definition) is 2. The quantitative estimate of drug-likeness (QED) is 0.650. The van der Waals surface area contributed by atoms with E-state index < -0.39 is 11.2 Å². The first kappa shape index (κ1) is 29.5. The van der Waals surface area contributed by atoms with E-state index in [1.807, 2.05) is 55.4 Å². The molecule has 33 heavy (non-hydrogen) atoms. The van der Waals surface area contributed by atoms with Crippen LogP contribution in [0.3, 0.4) is 0 Å². The fourth-order valence-electron chi connectivity index (χ4n) is 3.48. The van der Waals surface area contributed by atoms with Gasteiger partial charge in [-0.15, -0.1) is 0 Å². The van der Waals surface area contributed by atoms with Crippen LogP contribution in [0.1, 0.15) is 68.2 Å². The topological polar surface area (TPSA) is 94.6 Å². The summed E-state index contributed by atoms with van der Waals surface area (Å²) in [5.41, 5.74) is -1.44. The molecule has 0 aromatic carbocycles. The van der Waals surface area contributed by atoms with E-state index in [2.05, 4.69) is 10.2 Å². The summed E-state index contributed by atoms with van der Waals surface area (Å²) in [5, 5.41) is 13.5. The maximum Gasteiger partial charge on any atom is 0.410 e. The van der Waals surface area contributed by atoms with Crippen molar-refractivity contribution in [3.8, 4) is 0 Å². The van der Waals surface area contributed by atoms with Crippen molar-refractivity contribution in [2.75, 3.05) is 58.9 Å². The molecule has 0 radical (unpaired) electrons. The Morgan fingerprint density at radius 2 is 1.15 bits per heavy atom. The Bertz CT molecular complexity index is 597. The third-order valence-corrected chi connectivity index (χ3v) is 5.63. The highest BCUT2D eigenvalue weighted by molar-refractivity contribution is 5.68. The molecule has 0 aliphatic carbocycles. The van der Waals surface area contributed by atoms with Crippen molar-refractivity contribution in [3.05, 3.63) is 0 Å². The minimum atomic E-state index is -0.603. The summed E-state index contributed by atoms with van der Waals surface area (Å²) in [4.78, 5) is 29.2. The minimum absolute atomic E-state index is 0.200. The van der Waals surface area contributed by atoms with Gasteiger partial charge in [-0.2, -0.15) is 0 Å². The molecule has 0 bridgehead atoms. The number of aliphatic hydroxyl groups is 1. The van der Waals surface area contributed by atoms with Crippen molar-refractivity contribution in [1.82, 2.24) is 20.0 Å². The van der Waals surface area contributed by atoms with E-state index in [9.17, 15) is 14.7 Å². The molecular weight excluding hydrogens is 424 g/mol. The molecule has 0 spiro atoms. The predicted octanol–water partition coefficient (Wildman–Crippen LogP) is 2.92. The van der Waals surface area contributed by atoms with E-state index in [1.54, 1.807) is 9.80 Å². The standard InChI is InChI=1S/C15H30N2O3.C9H18N2O2/c1-6-15(19,7-2)12-16-8-10-17(11-9-16)13(18)20-14(3,4)5;1-9(2,3)13-8(12)11-6-4-10-5-7-11/h19H,6-12H2,1-5H3;10H,4-7H2,1-3H3. The maximum atomic E-state index is 12.0. The first-order valence-corrected chi connectivity index (χ1v) is 12.3. The van der Waals surface area contributed by atoms with Gasteiger partial charge in [0.15, 0.2) is 0 Å². The van der Waals surface area contributed by atoms with Crippen LogP contribution in [0.4, 0.5) is 9.59 Å². The number of hydrogen-bond acceptors (Lipinski definition) is 7. The molecule has 0 saturated carbocycles. The summed E-state index contributed by atoms with van der Waals surface area (Å²) in [6, 6.07) is 0. The predicted molar refractivity (Wildman–Crippen MR) is 130 cm³/mol. The molecule has 9 heteroatoms. The summed E-state index contributed by atoms with van der Waals surface area (Å²) >= 11 is 0. The normalized spacial score (nSPS) is 18.3. The van der Waals surface area contributed by atoms with E-state index in [0.29, 0.717) is 19.6 Å². The molecular formula is C24H48N4O5. The second-order valence-electron chi connectivity index (χ2n) is 10.9. The highest BCUT2D eigenvalue weighted by Crippen LogP contribution is 2.18. The van der Waals surface area contributed by atoms with Crippen molar-refractivity contribution in [2.45, 2.75) is 85.0 Å². The van der Waals surface area contributed by atoms with Crippen LogP contribution in [-0.2, 0) is 9.47 Å². The lowest BCUT2D eigenvalue weighted by Crippen LogP contribution is -2.53. The Morgan fingerprint density at radius 3 is 1.52 bits per heavy atom. The van der Waals surface area contributed by atoms with E-state index in [1.165, 1.54) is 0 Å². The number of nitrogens with zero attached hydrogens (tertiary/aromatic N) is 3. The number of carbonyl (C=O) groups is 2. The van der Waals surface area contributed by atoms with Crippen molar-refractivity contribution < 1.29 is 24.2 Å². The fraction of sp³-hybridized carbons (Fsp3) is 0.917. The van der Waals surface area contributed by atoms with E-state index in [4.69, 9.17) is 9.47 Å². The van der Waals surface area contributed by atoms with Gasteiger partial charge < -0.3 is 29.7 Å². The SMILES string of the molecule is CC(C)(C)OC(=O)N1CCNCC1.CCC(O)(CC)CN1CCN(C(=O)OC(C)(C)C)CC1. The number of nitrogens with one attached hydrogen (secondary N) is 1. The summed E-state index contributed by atoms with van der Waals surface area (Å²) in [7, 11) is 0. The molecule has 194 valence electrons. The van der Waals surface area contributed by atoms with E-state index in [0.717, 1.165) is 52.1 Å². The molecule has 0 aromatic rings. The van der Waals surface area contributed by atoms with Gasteiger partial charge in [-0.1, -0.05) is 13.8 Å². The molecule has 0 unspecified atom stereocenters. The first-order valence-electron chi connectivity index (χ1n) is 12.3. The van der Waals surface area contributed by atoms with Gasteiger partial charge in [-0.05, 0) is 54.4 Å². The van der Waals surface area contributed by atoms with Crippen LogP contribution in [-0.4, -0.2) is 108 Å². The molecule has 9 nitrogen and oxygen atoms in total. The zero-order valence-corrected chi connectivity index (χ0v) is 22.2. The Hall–Kier alpha value is -1.58. The summed E-state index contributed by atoms with van der Waals surface area (Å²) < 4.78 is 10.6. The Morgan fingerprint density at radius 1 is 0.758 bits per heavy atom. The number of ether oxygens (including phenoxy) is 2. The lowest BCUT2D eigenvalue weighted by molar-refractivity contribution is -0.0214. The van der Waals surface area contributed by atoms with Gasteiger partial charge in [0.25, 0.3) is 0 Å². The molecule has 2 rings (SSSR count). The number of amides is 2. The van der Waals surface area contributed by atoms with Gasteiger partial charge in [0.1, 0.15) is 11.2 Å². The van der Waals surface area contributed by atoms with Crippen molar-refractivity contribution >= 4 is 12.2 Å². The molecule has 2 aliphatic heterocycles. The second kappa shape index (κ2) is 12.8. The minimum Gasteiger partial charge on any atom is -0.444 e. The van der Waals surface area contributed by atoms with Crippen molar-refractivity contribution in [3.63, 3.8) is 0 Å². The van der Waals surface area contributed by atoms with Gasteiger partial charge in [0.2, 0.25) is 0 Å². The number of rotatable bonds is 4. The average molecular weight is 473 g/mol. The zero-order chi connectivity index (χ0) is 25.3. The fourth-order valence-corrected chi connectivity index (χ4v) is 3.48. The summed E-state index contributed by atoms with van der Waals surface area (Å²) in [6.07, 6.45) is 1.08. The molecule has 2 N–H and O–H groups in total. The summed E-state index contributed by atoms with van der Waals surface area (Å²) in [6.45, 7) is 22.1. The Balaban J connectivity index is 0.000000361. The Labute approximate surface area is 200 Å². The summed E-state index contributed by atoms with van der Waals surface area (Å²) in [5.74, 6) is 0. The van der Waals surface area contributed by atoms with E-state index in [-0.39, 0.29) is 17.8 Å². The van der Waals surface area contributed by atoms with Gasteiger partial charge >= 0.3 is 12.2 Å². The number of β-amino-alcohol motifs (C(OH)–C–C–N with tert-alkyl or cyclic N) is 1. The van der Waals surface area contributed by atoms with Crippen LogP contribution in [0.15, 0.2) is 0 Å². The highest BCUT2D eigenvalue weighted by Gasteiger charge is 2.30. The van der Waals surface area contributed by atoms with Gasteiger partial charge in [0, 0.05) is 58.9 Å². The van der Waals surface area contributed by atoms with Crippen LogP contribution in [0.2, 0.25) is 0 Å². The van der Waals surface area contributed by atoms with Crippen LogP contribution in [0.25, 0.3) is 0 Å². The highest BCUT2D eigenvalue weighted by atomic mass is 16.6. The molecule has 2 fully saturated rings. The maximum absolute atomic E-state index is 12.0. The van der Waals surface area contributed by atoms with E-state index >= 15 is 0 Å². The number of carbonyl (C=O) groups excluding carboxylic acids is 2. The van der Waals surface area contributed by atoms with Crippen molar-refractivity contribution in [1.29, 1.82) is 0 Å². The number of piperazine rings is 2. The average Bonchev–Trinajstić information content (AvgIpc) is 2.73. The third-order valence-electron chi connectivity index (χ3n) is 5.63. The van der Waals surface area contributed by atoms with Gasteiger partial charge in [0.05, 0.1) is 5.60 Å². The first-order chi connectivity index (χ1) is 15.2. The Kier molecular flexibility index (Phi) is 11.4. The lowest BCUT2D eigenvalue weighted by atomic mass is 9.96. The van der Waals surface area contributed by atoms with Crippen LogP contribution in [0, 0.1) is 0 Å². The third kappa shape index (κ3) is 11.9. The molecule has 2 amide bonds. The smallest absolute Gasteiger partial charge is 0.410 e. The van der Waals surface area contributed by atoms with Crippen molar-refractivity contribution in [2.24, 2.45) is 0 Å². The van der Waals surface area contributed by atoms with Crippen LogP contribution >= 0.6 is 0 Å². The monoisotopic (exact) mass is 472 g/mol. The largest absolute Gasteiger partial charge is 0.444 e. The van der Waals surface area contributed by atoms with Crippen LogP contribution < -0.4 is 5.32 Å². The lowest BCUT2D eigenvalue weighted by Gasteiger charge is -2.39.